The van der Waals surface area contributed by atoms with Gasteiger partial charge in [-0.1, -0.05) is 30.3 Å². The lowest BCUT2D eigenvalue weighted by Gasteiger charge is -2.30. The number of piperidine rings is 1. The Morgan fingerprint density at radius 1 is 1.38 bits per heavy atom. The fourth-order valence-electron chi connectivity index (χ4n) is 2.75. The summed E-state index contributed by atoms with van der Waals surface area (Å²) in [5.74, 6) is -0.186. The second-order valence-electron chi connectivity index (χ2n) is 5.49. The molecule has 3 rings (SSSR count). The van der Waals surface area contributed by atoms with Crippen LogP contribution >= 0.6 is 11.3 Å². The zero-order valence-corrected chi connectivity index (χ0v) is 12.7. The third kappa shape index (κ3) is 3.49. The molecule has 0 radical (unpaired) electrons. The van der Waals surface area contributed by atoms with Crippen molar-refractivity contribution >= 4 is 17.2 Å². The number of carbonyl (C=O) groups excluding carboxylic acids is 1. The maximum absolute atomic E-state index is 11.3. The van der Waals surface area contributed by atoms with Gasteiger partial charge in [-0.25, -0.2) is 4.98 Å². The Morgan fingerprint density at radius 3 is 2.95 bits per heavy atom. The average Bonchev–Trinajstić information content (AvgIpc) is 2.97. The molecule has 1 aliphatic heterocycles. The van der Waals surface area contributed by atoms with Gasteiger partial charge in [0.15, 0.2) is 0 Å². The number of carbonyl (C=O) groups is 1. The van der Waals surface area contributed by atoms with Crippen molar-refractivity contribution in [1.29, 1.82) is 0 Å². The van der Waals surface area contributed by atoms with Crippen molar-refractivity contribution in [2.24, 2.45) is 11.7 Å². The molecule has 1 aliphatic rings. The van der Waals surface area contributed by atoms with Gasteiger partial charge in [-0.3, -0.25) is 9.69 Å². The fourth-order valence-corrected chi connectivity index (χ4v) is 3.57. The average molecular weight is 301 g/mol. The van der Waals surface area contributed by atoms with Gasteiger partial charge < -0.3 is 5.73 Å². The van der Waals surface area contributed by atoms with E-state index >= 15 is 0 Å². The lowest BCUT2D eigenvalue weighted by molar-refractivity contribution is -0.123. The smallest absolute Gasteiger partial charge is 0.221 e. The van der Waals surface area contributed by atoms with Crippen LogP contribution in [0.25, 0.3) is 10.6 Å². The molecule has 5 heteroatoms. The Hall–Kier alpha value is -1.72. The topological polar surface area (TPSA) is 59.2 Å². The second-order valence-corrected chi connectivity index (χ2v) is 6.34. The lowest BCUT2D eigenvalue weighted by atomic mass is 9.97. The van der Waals surface area contributed by atoms with Gasteiger partial charge in [0.05, 0.1) is 11.6 Å². The molecular weight excluding hydrogens is 282 g/mol. The number of amides is 1. The summed E-state index contributed by atoms with van der Waals surface area (Å²) in [5, 5.41) is 3.16. The Morgan fingerprint density at radius 2 is 2.19 bits per heavy atom. The summed E-state index contributed by atoms with van der Waals surface area (Å²) in [6.07, 6.45) is 1.95. The molecule has 1 aromatic heterocycles. The van der Waals surface area contributed by atoms with E-state index in [1.807, 2.05) is 18.2 Å². The van der Waals surface area contributed by atoms with E-state index in [1.165, 1.54) is 0 Å². The third-order valence-corrected chi connectivity index (χ3v) is 4.81. The van der Waals surface area contributed by atoms with Crippen LogP contribution < -0.4 is 5.73 Å². The molecular formula is C16H19N3OS. The van der Waals surface area contributed by atoms with Gasteiger partial charge in [-0.2, -0.15) is 0 Å². The summed E-state index contributed by atoms with van der Waals surface area (Å²) < 4.78 is 0. The Kier molecular flexibility index (Phi) is 4.31. The van der Waals surface area contributed by atoms with Crippen molar-refractivity contribution in [3.05, 3.63) is 41.4 Å². The first-order valence-corrected chi connectivity index (χ1v) is 8.12. The van der Waals surface area contributed by atoms with Gasteiger partial charge in [-0.15, -0.1) is 11.3 Å². The van der Waals surface area contributed by atoms with Gasteiger partial charge >= 0.3 is 0 Å². The first-order chi connectivity index (χ1) is 10.2. The third-order valence-electron chi connectivity index (χ3n) is 3.87. The number of likely N-dealkylation sites (tertiary alicyclic amines) is 1. The molecule has 0 saturated carbocycles. The monoisotopic (exact) mass is 301 g/mol. The van der Waals surface area contributed by atoms with Crippen LogP contribution in [-0.2, 0) is 11.3 Å². The van der Waals surface area contributed by atoms with Crippen LogP contribution in [-0.4, -0.2) is 28.9 Å². The molecule has 0 aliphatic carbocycles. The minimum atomic E-state index is -0.178. The van der Waals surface area contributed by atoms with Crippen LogP contribution in [0.3, 0.4) is 0 Å². The Labute approximate surface area is 128 Å². The van der Waals surface area contributed by atoms with Crippen LogP contribution in [0.15, 0.2) is 35.7 Å². The van der Waals surface area contributed by atoms with Crippen molar-refractivity contribution in [2.45, 2.75) is 19.4 Å². The first kappa shape index (κ1) is 14.2. The van der Waals surface area contributed by atoms with E-state index in [4.69, 9.17) is 10.7 Å². The number of nitrogens with zero attached hydrogens (tertiary/aromatic N) is 2. The van der Waals surface area contributed by atoms with Gasteiger partial charge in [0.2, 0.25) is 5.91 Å². The molecule has 0 unspecified atom stereocenters. The highest BCUT2D eigenvalue weighted by molar-refractivity contribution is 7.13. The fraction of sp³-hybridized carbons (Fsp3) is 0.375. The van der Waals surface area contributed by atoms with Crippen molar-refractivity contribution < 1.29 is 4.79 Å². The molecule has 1 aromatic carbocycles. The molecule has 21 heavy (non-hydrogen) atoms. The number of hydrogen-bond donors (Lipinski definition) is 1. The van der Waals surface area contributed by atoms with Gasteiger partial charge in [0.25, 0.3) is 0 Å². The molecule has 110 valence electrons. The summed E-state index contributed by atoms with van der Waals surface area (Å²) in [5.41, 5.74) is 7.65. The molecule has 1 saturated heterocycles. The SMILES string of the molecule is NC(=O)[C@H]1CCCN(Cc2csc(-c3ccccc3)n2)C1. The molecule has 2 N–H and O–H groups in total. The molecule has 0 spiro atoms. The van der Waals surface area contributed by atoms with E-state index in [-0.39, 0.29) is 11.8 Å². The van der Waals surface area contributed by atoms with Crippen LogP contribution in [0.4, 0.5) is 0 Å². The van der Waals surface area contributed by atoms with Crippen molar-refractivity contribution in [3.63, 3.8) is 0 Å². The zero-order chi connectivity index (χ0) is 14.7. The van der Waals surface area contributed by atoms with Crippen molar-refractivity contribution in [3.8, 4) is 10.6 Å². The summed E-state index contributed by atoms with van der Waals surface area (Å²) >= 11 is 1.67. The van der Waals surface area contributed by atoms with Crippen LogP contribution in [0.5, 0.6) is 0 Å². The van der Waals surface area contributed by atoms with E-state index in [9.17, 15) is 4.79 Å². The van der Waals surface area contributed by atoms with Gasteiger partial charge in [-0.05, 0) is 19.4 Å². The summed E-state index contributed by atoms with van der Waals surface area (Å²) in [7, 11) is 0. The number of hydrogen-bond acceptors (Lipinski definition) is 4. The van der Waals surface area contributed by atoms with Crippen molar-refractivity contribution in [2.75, 3.05) is 13.1 Å². The summed E-state index contributed by atoms with van der Waals surface area (Å²) in [6.45, 7) is 2.57. The molecule has 1 amide bonds. The Bertz CT molecular complexity index is 611. The number of nitrogens with two attached hydrogens (primary N) is 1. The van der Waals surface area contributed by atoms with Gasteiger partial charge in [0, 0.05) is 24.0 Å². The highest BCUT2D eigenvalue weighted by Crippen LogP contribution is 2.25. The molecule has 1 fully saturated rings. The zero-order valence-electron chi connectivity index (χ0n) is 11.9. The van der Waals surface area contributed by atoms with E-state index in [0.717, 1.165) is 48.7 Å². The summed E-state index contributed by atoms with van der Waals surface area (Å²) in [6, 6.07) is 10.2. The largest absolute Gasteiger partial charge is 0.369 e. The van der Waals surface area contributed by atoms with E-state index in [0.29, 0.717) is 0 Å². The highest BCUT2D eigenvalue weighted by Gasteiger charge is 2.24. The van der Waals surface area contributed by atoms with Crippen molar-refractivity contribution in [1.82, 2.24) is 9.88 Å². The second kappa shape index (κ2) is 6.37. The van der Waals surface area contributed by atoms with Crippen LogP contribution in [0.1, 0.15) is 18.5 Å². The predicted molar refractivity (Wildman–Crippen MR) is 84.7 cm³/mol. The van der Waals surface area contributed by atoms with E-state index < -0.39 is 0 Å². The number of primary amides is 1. The summed E-state index contributed by atoms with van der Waals surface area (Å²) in [4.78, 5) is 18.3. The number of rotatable bonds is 4. The number of thiazole rings is 1. The molecule has 2 aromatic rings. The van der Waals surface area contributed by atoms with Crippen LogP contribution in [0, 0.1) is 5.92 Å². The molecule has 0 bridgehead atoms. The normalized spacial score (nSPS) is 19.5. The van der Waals surface area contributed by atoms with Crippen LogP contribution in [0.2, 0.25) is 0 Å². The molecule has 1 atom stereocenters. The van der Waals surface area contributed by atoms with Gasteiger partial charge in [0.1, 0.15) is 5.01 Å². The standard InChI is InChI=1S/C16H19N3OS/c17-15(20)13-7-4-8-19(9-13)10-14-11-21-16(18-14)12-5-2-1-3-6-12/h1-3,5-6,11,13H,4,7-10H2,(H2,17,20)/t13-/m0/s1. The minimum Gasteiger partial charge on any atom is -0.369 e. The Balaban J connectivity index is 1.66. The predicted octanol–water partition coefficient (Wildman–Crippen LogP) is 2.51. The quantitative estimate of drug-likeness (QED) is 0.944. The van der Waals surface area contributed by atoms with E-state index in [2.05, 4.69) is 22.4 Å². The highest BCUT2D eigenvalue weighted by atomic mass is 32.1. The molecule has 4 nitrogen and oxygen atoms in total. The van der Waals surface area contributed by atoms with E-state index in [1.54, 1.807) is 11.3 Å². The number of aromatic nitrogens is 1. The maximum atomic E-state index is 11.3. The first-order valence-electron chi connectivity index (χ1n) is 7.24. The maximum Gasteiger partial charge on any atom is 0.221 e. The number of benzene rings is 1. The molecule has 2 heterocycles. The lowest BCUT2D eigenvalue weighted by Crippen LogP contribution is -2.40. The minimum absolute atomic E-state index is 0.00835.